The monoisotopic (exact) mass is 534 g/mol. The van der Waals surface area contributed by atoms with Gasteiger partial charge in [-0.25, -0.2) is 4.98 Å². The highest BCUT2D eigenvalue weighted by atomic mass is 16.5. The summed E-state index contributed by atoms with van der Waals surface area (Å²) in [5, 5.41) is 0. The van der Waals surface area contributed by atoms with Crippen molar-refractivity contribution in [1.29, 1.82) is 0 Å². The fraction of sp³-hybridized carbons (Fsp3) is 0.156. The number of imidazole rings is 1. The Morgan fingerprint density at radius 2 is 1.43 bits per heavy atom. The minimum absolute atomic E-state index is 0.151. The first-order valence-corrected chi connectivity index (χ1v) is 12.8. The van der Waals surface area contributed by atoms with Gasteiger partial charge < -0.3 is 23.9 Å². The van der Waals surface area contributed by atoms with Gasteiger partial charge in [0.1, 0.15) is 53.5 Å². The van der Waals surface area contributed by atoms with E-state index >= 15 is 0 Å². The molecule has 1 N–H and O–H groups in total. The van der Waals surface area contributed by atoms with Crippen LogP contribution >= 0.6 is 0 Å². The van der Waals surface area contributed by atoms with Crippen LogP contribution in [0.3, 0.4) is 0 Å². The van der Waals surface area contributed by atoms with E-state index < -0.39 is 5.92 Å². The molecule has 0 saturated carbocycles. The lowest BCUT2D eigenvalue weighted by Crippen LogP contribution is -2.13. The van der Waals surface area contributed by atoms with Gasteiger partial charge in [-0.15, -0.1) is 0 Å². The molecule has 1 aliphatic carbocycles. The van der Waals surface area contributed by atoms with Crippen molar-refractivity contribution < 1.29 is 28.5 Å². The Labute approximate surface area is 230 Å². The van der Waals surface area contributed by atoms with Crippen molar-refractivity contribution in [3.8, 4) is 23.0 Å². The fourth-order valence-electron chi connectivity index (χ4n) is 4.92. The molecule has 0 amide bonds. The molecule has 0 fully saturated rings. The Morgan fingerprint density at radius 1 is 0.725 bits per heavy atom. The number of carbonyl (C=O) groups is 2. The summed E-state index contributed by atoms with van der Waals surface area (Å²) in [6.07, 6.45) is 0. The Balaban J connectivity index is 1.27. The van der Waals surface area contributed by atoms with E-state index in [1.165, 1.54) is 0 Å². The molecule has 1 atom stereocenters. The molecule has 0 bridgehead atoms. The lowest BCUT2D eigenvalue weighted by atomic mass is 9.93. The number of benzene rings is 4. The molecule has 4 aromatic carbocycles. The van der Waals surface area contributed by atoms with Crippen LogP contribution in [0.25, 0.3) is 11.0 Å². The number of ether oxygens (including phenoxy) is 4. The number of nitrogens with one attached hydrogen (secondary N) is 1. The van der Waals surface area contributed by atoms with E-state index in [-0.39, 0.29) is 18.2 Å². The Bertz CT molecular complexity index is 1710. The average molecular weight is 535 g/mol. The molecule has 40 heavy (non-hydrogen) atoms. The van der Waals surface area contributed by atoms with Crippen molar-refractivity contribution in [2.24, 2.45) is 0 Å². The summed E-state index contributed by atoms with van der Waals surface area (Å²) < 4.78 is 22.5. The van der Waals surface area contributed by atoms with Gasteiger partial charge in [-0.3, -0.25) is 9.59 Å². The second-order valence-corrected chi connectivity index (χ2v) is 9.37. The second-order valence-electron chi connectivity index (χ2n) is 9.37. The highest BCUT2D eigenvalue weighted by molar-refractivity contribution is 6.30. The zero-order chi connectivity index (χ0) is 27.6. The highest BCUT2D eigenvalue weighted by Crippen LogP contribution is 2.40. The zero-order valence-corrected chi connectivity index (χ0v) is 22.0. The quantitative estimate of drug-likeness (QED) is 0.235. The van der Waals surface area contributed by atoms with E-state index in [1.54, 1.807) is 56.7 Å². The van der Waals surface area contributed by atoms with Crippen molar-refractivity contribution in [3.63, 3.8) is 0 Å². The minimum Gasteiger partial charge on any atom is -0.497 e. The van der Waals surface area contributed by atoms with Crippen LogP contribution < -0.4 is 18.9 Å². The number of methoxy groups -OCH3 is 2. The summed E-state index contributed by atoms with van der Waals surface area (Å²) in [7, 11) is 3.15. The smallest absolute Gasteiger partial charge is 0.179 e. The molecule has 0 radical (unpaired) electrons. The van der Waals surface area contributed by atoms with Gasteiger partial charge >= 0.3 is 0 Å². The zero-order valence-electron chi connectivity index (χ0n) is 22.0. The van der Waals surface area contributed by atoms with Crippen LogP contribution in [0, 0.1) is 0 Å². The summed E-state index contributed by atoms with van der Waals surface area (Å²) >= 11 is 0. The van der Waals surface area contributed by atoms with Crippen LogP contribution in [0.1, 0.15) is 43.6 Å². The molecular weight excluding hydrogens is 508 g/mol. The number of hydrogen-bond donors (Lipinski definition) is 1. The number of nitrogens with zero attached hydrogens (tertiary/aromatic N) is 1. The van der Waals surface area contributed by atoms with E-state index in [1.807, 2.05) is 42.5 Å². The maximum atomic E-state index is 13.6. The maximum Gasteiger partial charge on any atom is 0.179 e. The van der Waals surface area contributed by atoms with Gasteiger partial charge in [0.25, 0.3) is 0 Å². The van der Waals surface area contributed by atoms with E-state index in [9.17, 15) is 9.59 Å². The molecule has 8 heteroatoms. The molecule has 0 spiro atoms. The normalized spacial score (nSPS) is 14.3. The number of carbonyl (C=O) groups excluding carboxylic acids is 2. The average Bonchev–Trinajstić information content (AvgIpc) is 3.54. The number of Topliss-reactive ketones (excluding diaryl/α,β-unsaturated/α-hetero) is 2. The standard InChI is InChI=1S/C32H26N2O6/c1-37-20-8-10-21(11-9-20)40-18-27-33-29-24(14-15-26(38-2)30(29)34-27)28-31(35)23-13-12-22(16-25(23)32(28)36)39-17-19-6-4-3-5-7-19/h3-16,28H,17-18H2,1-2H3,(H,33,34). The number of hydrogen-bond acceptors (Lipinski definition) is 7. The Hall–Kier alpha value is -5.11. The molecule has 200 valence electrons. The summed E-state index contributed by atoms with van der Waals surface area (Å²) in [5.74, 6) is 1.44. The van der Waals surface area contributed by atoms with Crippen molar-refractivity contribution in [1.82, 2.24) is 9.97 Å². The first kappa shape index (κ1) is 25.2. The topological polar surface area (TPSA) is 99.7 Å². The van der Waals surface area contributed by atoms with Crippen molar-refractivity contribution in [2.45, 2.75) is 19.1 Å². The molecule has 1 aliphatic rings. The lowest BCUT2D eigenvalue weighted by Gasteiger charge is -2.10. The minimum atomic E-state index is -0.997. The van der Waals surface area contributed by atoms with Gasteiger partial charge in [0.15, 0.2) is 11.6 Å². The van der Waals surface area contributed by atoms with E-state index in [0.717, 1.165) is 11.3 Å². The Kier molecular flexibility index (Phi) is 6.66. The van der Waals surface area contributed by atoms with Gasteiger partial charge in [0, 0.05) is 11.1 Å². The second kappa shape index (κ2) is 10.6. The highest BCUT2D eigenvalue weighted by Gasteiger charge is 2.41. The van der Waals surface area contributed by atoms with Crippen molar-refractivity contribution in [2.75, 3.05) is 14.2 Å². The van der Waals surface area contributed by atoms with Gasteiger partial charge in [0.05, 0.1) is 19.7 Å². The van der Waals surface area contributed by atoms with Crippen LogP contribution in [0.4, 0.5) is 0 Å². The summed E-state index contributed by atoms with van der Waals surface area (Å²) in [6.45, 7) is 0.512. The van der Waals surface area contributed by atoms with E-state index in [4.69, 9.17) is 18.9 Å². The summed E-state index contributed by atoms with van der Waals surface area (Å²) in [6, 6.07) is 25.5. The fourth-order valence-corrected chi connectivity index (χ4v) is 4.92. The molecule has 1 aromatic heterocycles. The van der Waals surface area contributed by atoms with Crippen molar-refractivity contribution >= 4 is 22.6 Å². The summed E-state index contributed by atoms with van der Waals surface area (Å²) in [5.41, 5.74) is 3.37. The molecule has 8 nitrogen and oxygen atoms in total. The van der Waals surface area contributed by atoms with Gasteiger partial charge in [0.2, 0.25) is 0 Å². The van der Waals surface area contributed by atoms with Crippen LogP contribution in [0.2, 0.25) is 0 Å². The largest absolute Gasteiger partial charge is 0.497 e. The van der Waals surface area contributed by atoms with E-state index in [2.05, 4.69) is 9.97 Å². The van der Waals surface area contributed by atoms with Crippen LogP contribution in [-0.4, -0.2) is 35.8 Å². The number of rotatable bonds is 9. The molecule has 5 aromatic rings. The first-order valence-electron chi connectivity index (χ1n) is 12.8. The predicted molar refractivity (Wildman–Crippen MR) is 149 cm³/mol. The lowest BCUT2D eigenvalue weighted by molar-refractivity contribution is 0.0890. The molecule has 0 saturated heterocycles. The number of H-pyrrole nitrogens is 1. The van der Waals surface area contributed by atoms with Crippen LogP contribution in [0.15, 0.2) is 84.9 Å². The number of fused-ring (bicyclic) bond motifs is 2. The third kappa shape index (κ3) is 4.64. The molecule has 1 unspecified atom stereocenters. The molecule has 1 heterocycles. The molecule has 6 rings (SSSR count). The number of aromatic nitrogens is 2. The number of aromatic amines is 1. The number of ketones is 2. The molecular formula is C32H26N2O6. The third-order valence-corrected chi connectivity index (χ3v) is 6.95. The third-order valence-electron chi connectivity index (χ3n) is 6.95. The van der Waals surface area contributed by atoms with Crippen molar-refractivity contribution in [3.05, 3.63) is 113 Å². The first-order chi connectivity index (χ1) is 19.6. The Morgan fingerprint density at radius 3 is 2.17 bits per heavy atom. The molecule has 0 aliphatic heterocycles. The summed E-state index contributed by atoms with van der Waals surface area (Å²) in [4.78, 5) is 35.0. The van der Waals surface area contributed by atoms with Gasteiger partial charge in [-0.05, 0) is 59.7 Å². The van der Waals surface area contributed by atoms with Crippen LogP contribution in [0.5, 0.6) is 23.0 Å². The predicted octanol–water partition coefficient (Wildman–Crippen LogP) is 5.90. The van der Waals surface area contributed by atoms with Gasteiger partial charge in [-0.1, -0.05) is 36.4 Å². The van der Waals surface area contributed by atoms with Crippen LogP contribution in [-0.2, 0) is 13.2 Å². The maximum absolute atomic E-state index is 13.6. The van der Waals surface area contributed by atoms with Gasteiger partial charge in [-0.2, -0.15) is 0 Å². The van der Waals surface area contributed by atoms with E-state index in [0.29, 0.717) is 57.4 Å². The SMILES string of the molecule is COc1ccc(OCc2nc3c(OC)ccc(C4C(=O)c5ccc(OCc6ccccc6)cc5C4=O)c3[nH]2)cc1.